The van der Waals surface area contributed by atoms with Gasteiger partial charge in [-0.05, 0) is 92.5 Å². The number of hydrogen-bond donors (Lipinski definition) is 0. The number of hydrogen-bond acceptors (Lipinski definition) is 2. The van der Waals surface area contributed by atoms with Crippen LogP contribution in [-0.2, 0) is 0 Å². The van der Waals surface area contributed by atoms with Crippen LogP contribution in [0.3, 0.4) is 0 Å². The lowest BCUT2D eigenvalue weighted by molar-refractivity contribution is 1.21. The SMILES string of the molecule is Cc1cccc(-c2ccc(-c3c4ccccc4c(-c4ccc(-c5ccncc5C)cc4)c4ccccc34)cc2)n1. The van der Waals surface area contributed by atoms with E-state index < -0.39 is 0 Å². The highest BCUT2D eigenvalue weighted by molar-refractivity contribution is 6.21. The van der Waals surface area contributed by atoms with Gasteiger partial charge in [0, 0.05) is 23.7 Å². The molecule has 0 saturated carbocycles. The highest BCUT2D eigenvalue weighted by Crippen LogP contribution is 2.44. The molecule has 0 spiro atoms. The average molecular weight is 513 g/mol. The molecule has 0 aliphatic rings. The maximum absolute atomic E-state index is 4.72. The molecule has 0 saturated heterocycles. The summed E-state index contributed by atoms with van der Waals surface area (Å²) in [5.41, 5.74) is 11.7. The van der Waals surface area contributed by atoms with Crippen LogP contribution in [0.15, 0.2) is 134 Å². The van der Waals surface area contributed by atoms with Crippen LogP contribution in [-0.4, -0.2) is 9.97 Å². The summed E-state index contributed by atoms with van der Waals surface area (Å²) in [5, 5.41) is 5.03. The summed E-state index contributed by atoms with van der Waals surface area (Å²) in [6, 6.07) is 43.7. The lowest BCUT2D eigenvalue weighted by atomic mass is 9.85. The van der Waals surface area contributed by atoms with Gasteiger partial charge in [-0.1, -0.05) is 103 Å². The van der Waals surface area contributed by atoms with E-state index in [9.17, 15) is 0 Å². The molecule has 7 rings (SSSR count). The van der Waals surface area contributed by atoms with Crippen molar-refractivity contribution in [2.24, 2.45) is 0 Å². The number of aryl methyl sites for hydroxylation is 2. The Morgan fingerprint density at radius 1 is 0.450 bits per heavy atom. The van der Waals surface area contributed by atoms with Crippen molar-refractivity contribution in [3.05, 3.63) is 145 Å². The Bertz CT molecular complexity index is 1950. The predicted octanol–water partition coefficient (Wildman–Crippen LogP) is 10.1. The zero-order valence-corrected chi connectivity index (χ0v) is 22.6. The summed E-state index contributed by atoms with van der Waals surface area (Å²) >= 11 is 0. The second-order valence-corrected chi connectivity index (χ2v) is 10.4. The molecule has 0 N–H and O–H groups in total. The van der Waals surface area contributed by atoms with E-state index in [1.807, 2.05) is 25.4 Å². The number of benzene rings is 5. The van der Waals surface area contributed by atoms with Gasteiger partial charge in [-0.2, -0.15) is 0 Å². The molecule has 2 heterocycles. The molecule has 0 aliphatic carbocycles. The van der Waals surface area contributed by atoms with Gasteiger partial charge in [-0.15, -0.1) is 0 Å². The second-order valence-electron chi connectivity index (χ2n) is 10.4. The average Bonchev–Trinajstić information content (AvgIpc) is 3.00. The molecule has 0 amide bonds. The quantitative estimate of drug-likeness (QED) is 0.219. The molecule has 0 aliphatic heterocycles. The Kier molecular flexibility index (Phi) is 5.94. The molecule has 0 fully saturated rings. The molecule has 40 heavy (non-hydrogen) atoms. The fourth-order valence-corrected chi connectivity index (χ4v) is 5.88. The topological polar surface area (TPSA) is 25.8 Å². The minimum atomic E-state index is 1.00. The standard InChI is InChI=1S/C38H28N2/c1-25-24-39-23-22-31(25)27-14-18-29(19-15-27)37-32-9-3-5-11-34(32)38(35-12-6-4-10-33(35)37)30-20-16-28(17-21-30)36-13-7-8-26(2)40-36/h3-24H,1-2H3. The van der Waals surface area contributed by atoms with Gasteiger partial charge >= 0.3 is 0 Å². The van der Waals surface area contributed by atoms with Gasteiger partial charge in [0.2, 0.25) is 0 Å². The second kappa shape index (κ2) is 9.91. The highest BCUT2D eigenvalue weighted by atomic mass is 14.7. The van der Waals surface area contributed by atoms with Crippen molar-refractivity contribution < 1.29 is 0 Å². The zero-order chi connectivity index (χ0) is 27.1. The maximum Gasteiger partial charge on any atom is 0.0705 e. The van der Waals surface area contributed by atoms with Gasteiger partial charge in [0.1, 0.15) is 0 Å². The Balaban J connectivity index is 1.41. The van der Waals surface area contributed by atoms with Crippen molar-refractivity contribution in [1.82, 2.24) is 9.97 Å². The molecular weight excluding hydrogens is 484 g/mol. The lowest BCUT2D eigenvalue weighted by Gasteiger charge is -2.18. The van der Waals surface area contributed by atoms with Crippen molar-refractivity contribution in [3.63, 3.8) is 0 Å². The van der Waals surface area contributed by atoms with Crippen LogP contribution in [0.25, 0.3) is 66.2 Å². The Morgan fingerprint density at radius 2 is 0.950 bits per heavy atom. The number of fused-ring (bicyclic) bond motifs is 2. The van der Waals surface area contributed by atoms with E-state index >= 15 is 0 Å². The predicted molar refractivity (Wildman–Crippen MR) is 168 cm³/mol. The van der Waals surface area contributed by atoms with Crippen LogP contribution < -0.4 is 0 Å². The van der Waals surface area contributed by atoms with Crippen LogP contribution in [0.2, 0.25) is 0 Å². The van der Waals surface area contributed by atoms with Gasteiger partial charge in [0.25, 0.3) is 0 Å². The Labute approximate surface area is 234 Å². The molecule has 2 nitrogen and oxygen atoms in total. The molecule has 0 unspecified atom stereocenters. The molecule has 190 valence electrons. The first-order valence-corrected chi connectivity index (χ1v) is 13.7. The number of pyridine rings is 2. The first kappa shape index (κ1) is 24.0. The minimum Gasteiger partial charge on any atom is -0.264 e. The van der Waals surface area contributed by atoms with E-state index in [1.54, 1.807) is 0 Å². The van der Waals surface area contributed by atoms with Crippen molar-refractivity contribution in [3.8, 4) is 44.6 Å². The van der Waals surface area contributed by atoms with Gasteiger partial charge < -0.3 is 0 Å². The number of rotatable bonds is 4. The summed E-state index contributed by atoms with van der Waals surface area (Å²) in [4.78, 5) is 8.98. The summed E-state index contributed by atoms with van der Waals surface area (Å²) in [5.74, 6) is 0. The largest absolute Gasteiger partial charge is 0.264 e. The molecule has 7 aromatic rings. The van der Waals surface area contributed by atoms with Crippen LogP contribution in [0, 0.1) is 13.8 Å². The van der Waals surface area contributed by atoms with Crippen molar-refractivity contribution in [2.45, 2.75) is 13.8 Å². The van der Waals surface area contributed by atoms with Crippen LogP contribution in [0.5, 0.6) is 0 Å². The van der Waals surface area contributed by atoms with Crippen LogP contribution in [0.4, 0.5) is 0 Å². The molecule has 2 heteroatoms. The molecule has 0 atom stereocenters. The van der Waals surface area contributed by atoms with Gasteiger partial charge in [0.15, 0.2) is 0 Å². The monoisotopic (exact) mass is 512 g/mol. The van der Waals surface area contributed by atoms with E-state index in [4.69, 9.17) is 4.98 Å². The van der Waals surface area contributed by atoms with Gasteiger partial charge in [0.05, 0.1) is 5.69 Å². The maximum atomic E-state index is 4.72. The summed E-state index contributed by atoms with van der Waals surface area (Å²) in [6.45, 7) is 4.14. The van der Waals surface area contributed by atoms with Crippen LogP contribution in [0.1, 0.15) is 11.3 Å². The number of aromatic nitrogens is 2. The smallest absolute Gasteiger partial charge is 0.0705 e. The Morgan fingerprint density at radius 3 is 1.45 bits per heavy atom. The number of nitrogens with zero attached hydrogens (tertiary/aromatic N) is 2. The van der Waals surface area contributed by atoms with Gasteiger partial charge in [-0.25, -0.2) is 0 Å². The molecule has 0 bridgehead atoms. The van der Waals surface area contributed by atoms with Gasteiger partial charge in [-0.3, -0.25) is 9.97 Å². The Hall–Kier alpha value is -5.08. The van der Waals surface area contributed by atoms with Crippen LogP contribution >= 0.6 is 0 Å². The molecular formula is C38H28N2. The zero-order valence-electron chi connectivity index (χ0n) is 22.6. The summed E-state index contributed by atoms with van der Waals surface area (Å²) in [7, 11) is 0. The van der Waals surface area contributed by atoms with E-state index in [1.165, 1.54) is 60.5 Å². The highest BCUT2D eigenvalue weighted by Gasteiger charge is 2.16. The van der Waals surface area contributed by atoms with Crippen molar-refractivity contribution in [2.75, 3.05) is 0 Å². The van der Waals surface area contributed by atoms with E-state index in [-0.39, 0.29) is 0 Å². The molecule has 2 aromatic heterocycles. The first-order chi connectivity index (χ1) is 19.7. The summed E-state index contributed by atoms with van der Waals surface area (Å²) < 4.78 is 0. The fraction of sp³-hybridized carbons (Fsp3) is 0.0526. The van der Waals surface area contributed by atoms with E-state index in [2.05, 4.69) is 127 Å². The van der Waals surface area contributed by atoms with E-state index in [0.29, 0.717) is 0 Å². The normalized spacial score (nSPS) is 11.2. The lowest BCUT2D eigenvalue weighted by Crippen LogP contribution is -1.91. The van der Waals surface area contributed by atoms with Crippen molar-refractivity contribution in [1.29, 1.82) is 0 Å². The third-order valence-electron chi connectivity index (χ3n) is 7.79. The minimum absolute atomic E-state index is 1.00. The first-order valence-electron chi connectivity index (χ1n) is 13.7. The summed E-state index contributed by atoms with van der Waals surface area (Å²) in [6.07, 6.45) is 3.78. The molecule has 0 radical (unpaired) electrons. The van der Waals surface area contributed by atoms with Crippen molar-refractivity contribution >= 4 is 21.5 Å². The fourth-order valence-electron chi connectivity index (χ4n) is 5.88. The third kappa shape index (κ3) is 4.15. The molecule has 5 aromatic carbocycles. The third-order valence-corrected chi connectivity index (χ3v) is 7.79. The van der Waals surface area contributed by atoms with E-state index in [0.717, 1.165) is 17.0 Å².